The van der Waals surface area contributed by atoms with Crippen molar-refractivity contribution in [1.29, 1.82) is 5.26 Å². The monoisotopic (exact) mass is 225 g/mol. The van der Waals surface area contributed by atoms with Gasteiger partial charge in [0.15, 0.2) is 0 Å². The van der Waals surface area contributed by atoms with Crippen LogP contribution in [0.25, 0.3) is 0 Å². The maximum Gasteiger partial charge on any atom is 0.488 e. The number of hydrogen-bond donors (Lipinski definition) is 2. The lowest BCUT2D eigenvalue weighted by atomic mass is 9.80. The van der Waals surface area contributed by atoms with E-state index in [0.29, 0.717) is 15.5 Å². The number of rotatable bonds is 1. The zero-order chi connectivity index (χ0) is 9.14. The summed E-state index contributed by atoms with van der Waals surface area (Å²) in [6, 6.07) is 6.49. The Kier molecular flexibility index (Phi) is 2.87. The Morgan fingerprint density at radius 3 is 2.50 bits per heavy atom. The lowest BCUT2D eigenvalue weighted by molar-refractivity contribution is 0.425. The van der Waals surface area contributed by atoms with E-state index in [0.717, 1.165) is 0 Å². The molecule has 60 valence electrons. The highest BCUT2D eigenvalue weighted by atomic mass is 79.9. The van der Waals surface area contributed by atoms with Gasteiger partial charge in [-0.15, -0.1) is 0 Å². The minimum absolute atomic E-state index is 0.306. The average molecular weight is 226 g/mol. The summed E-state index contributed by atoms with van der Waals surface area (Å²) in [6.45, 7) is 0. The molecular weight excluding hydrogens is 221 g/mol. The molecule has 0 radical (unpaired) electrons. The van der Waals surface area contributed by atoms with Crippen molar-refractivity contribution < 1.29 is 10.0 Å². The molecule has 1 aromatic rings. The predicted octanol–water partition coefficient (Wildman–Crippen LogP) is 0.000580. The number of nitriles is 1. The molecule has 2 N–H and O–H groups in total. The maximum absolute atomic E-state index is 8.79. The molecule has 0 atom stereocenters. The molecule has 0 aliphatic rings. The van der Waals surface area contributed by atoms with Crippen molar-refractivity contribution in [3.8, 4) is 6.07 Å². The van der Waals surface area contributed by atoms with E-state index in [9.17, 15) is 0 Å². The van der Waals surface area contributed by atoms with Gasteiger partial charge in [-0.3, -0.25) is 0 Å². The quantitative estimate of drug-likeness (QED) is 0.662. The standard InChI is InChI=1S/C7H5BBrNO2/c9-7-2-5(4-10)1-6(3-7)8(11)12/h1-3,11-12H. The second-order valence-corrected chi connectivity index (χ2v) is 3.17. The summed E-state index contributed by atoms with van der Waals surface area (Å²) in [5.74, 6) is 0. The van der Waals surface area contributed by atoms with E-state index >= 15 is 0 Å². The minimum Gasteiger partial charge on any atom is -0.423 e. The molecule has 0 heterocycles. The normalized spacial score (nSPS) is 9.17. The second kappa shape index (κ2) is 3.72. The third-order valence-corrected chi connectivity index (χ3v) is 1.81. The average Bonchev–Trinajstić information content (AvgIpc) is 2.03. The number of halogens is 1. The molecule has 0 saturated heterocycles. The summed E-state index contributed by atoms with van der Waals surface area (Å²) in [5, 5.41) is 26.1. The van der Waals surface area contributed by atoms with Crippen molar-refractivity contribution in [3.63, 3.8) is 0 Å². The Bertz CT molecular complexity index is 335. The Balaban J connectivity index is 3.17. The molecule has 1 aromatic carbocycles. The van der Waals surface area contributed by atoms with Gasteiger partial charge in [0.1, 0.15) is 0 Å². The third-order valence-electron chi connectivity index (χ3n) is 1.35. The van der Waals surface area contributed by atoms with Crippen molar-refractivity contribution in [1.82, 2.24) is 0 Å². The van der Waals surface area contributed by atoms with Gasteiger partial charge in [0.2, 0.25) is 0 Å². The van der Waals surface area contributed by atoms with Crippen molar-refractivity contribution >= 4 is 28.5 Å². The van der Waals surface area contributed by atoms with E-state index in [1.54, 1.807) is 12.1 Å². The Hall–Kier alpha value is -0.825. The molecular formula is C7H5BBrNO2. The Morgan fingerprint density at radius 1 is 1.33 bits per heavy atom. The van der Waals surface area contributed by atoms with Gasteiger partial charge < -0.3 is 10.0 Å². The van der Waals surface area contributed by atoms with E-state index in [1.807, 2.05) is 6.07 Å². The molecule has 3 nitrogen and oxygen atoms in total. The largest absolute Gasteiger partial charge is 0.488 e. The van der Waals surface area contributed by atoms with Gasteiger partial charge in [-0.2, -0.15) is 5.26 Å². The van der Waals surface area contributed by atoms with Crippen LogP contribution >= 0.6 is 15.9 Å². The summed E-state index contributed by atoms with van der Waals surface area (Å²) in [5.41, 5.74) is 0.702. The van der Waals surface area contributed by atoms with Crippen LogP contribution in [0.3, 0.4) is 0 Å². The molecule has 0 aliphatic heterocycles. The first-order valence-corrected chi connectivity index (χ1v) is 3.99. The highest BCUT2D eigenvalue weighted by Gasteiger charge is 2.11. The summed E-state index contributed by atoms with van der Waals surface area (Å²) < 4.78 is 0.657. The van der Waals surface area contributed by atoms with Crippen LogP contribution in [-0.4, -0.2) is 17.2 Å². The maximum atomic E-state index is 8.79. The van der Waals surface area contributed by atoms with E-state index in [4.69, 9.17) is 15.3 Å². The highest BCUT2D eigenvalue weighted by molar-refractivity contribution is 9.10. The topological polar surface area (TPSA) is 64.2 Å². The summed E-state index contributed by atoms with van der Waals surface area (Å²) in [7, 11) is -1.53. The molecule has 0 spiro atoms. The first kappa shape index (κ1) is 9.26. The summed E-state index contributed by atoms with van der Waals surface area (Å²) >= 11 is 3.15. The van der Waals surface area contributed by atoms with Crippen LogP contribution < -0.4 is 5.46 Å². The Labute approximate surface area is 78.5 Å². The van der Waals surface area contributed by atoms with Gasteiger partial charge in [-0.1, -0.05) is 15.9 Å². The number of benzene rings is 1. The smallest absolute Gasteiger partial charge is 0.423 e. The molecule has 0 bridgehead atoms. The molecule has 0 aromatic heterocycles. The molecule has 0 aliphatic carbocycles. The second-order valence-electron chi connectivity index (χ2n) is 2.26. The number of nitrogens with zero attached hydrogens (tertiary/aromatic N) is 1. The predicted molar refractivity (Wildman–Crippen MR) is 48.7 cm³/mol. The van der Waals surface area contributed by atoms with Gasteiger partial charge in [-0.05, 0) is 23.7 Å². The Morgan fingerprint density at radius 2 is 2.00 bits per heavy atom. The van der Waals surface area contributed by atoms with Gasteiger partial charge in [0, 0.05) is 4.47 Å². The molecule has 0 saturated carbocycles. The first-order valence-electron chi connectivity index (χ1n) is 3.20. The van der Waals surface area contributed by atoms with E-state index < -0.39 is 7.12 Å². The fourth-order valence-corrected chi connectivity index (χ4v) is 1.34. The summed E-state index contributed by atoms with van der Waals surface area (Å²) in [6.07, 6.45) is 0. The SMILES string of the molecule is N#Cc1cc(Br)cc(B(O)O)c1. The van der Waals surface area contributed by atoms with Crippen molar-refractivity contribution in [2.24, 2.45) is 0 Å². The van der Waals surface area contributed by atoms with Crippen LogP contribution in [0, 0.1) is 11.3 Å². The van der Waals surface area contributed by atoms with Crippen molar-refractivity contribution in [2.75, 3.05) is 0 Å². The molecule has 0 fully saturated rings. The molecule has 1 rings (SSSR count). The van der Waals surface area contributed by atoms with Crippen LogP contribution in [-0.2, 0) is 0 Å². The first-order chi connectivity index (χ1) is 5.63. The molecule has 0 unspecified atom stereocenters. The zero-order valence-corrected chi connectivity index (χ0v) is 7.62. The highest BCUT2D eigenvalue weighted by Crippen LogP contribution is 2.09. The molecule has 5 heteroatoms. The van der Waals surface area contributed by atoms with Crippen molar-refractivity contribution in [3.05, 3.63) is 28.2 Å². The van der Waals surface area contributed by atoms with Crippen molar-refractivity contribution in [2.45, 2.75) is 0 Å². The lowest BCUT2D eigenvalue weighted by Crippen LogP contribution is -2.29. The number of hydrogen-bond acceptors (Lipinski definition) is 3. The zero-order valence-electron chi connectivity index (χ0n) is 6.03. The minimum atomic E-state index is -1.53. The van der Waals surface area contributed by atoms with Gasteiger partial charge >= 0.3 is 7.12 Å². The van der Waals surface area contributed by atoms with Gasteiger partial charge in [0.25, 0.3) is 0 Å². The van der Waals surface area contributed by atoms with E-state index in [-0.39, 0.29) is 0 Å². The van der Waals surface area contributed by atoms with Crippen LogP contribution in [0.1, 0.15) is 5.56 Å². The molecule has 0 amide bonds. The van der Waals surface area contributed by atoms with Crippen LogP contribution in [0.4, 0.5) is 0 Å². The van der Waals surface area contributed by atoms with E-state index in [1.165, 1.54) is 6.07 Å². The lowest BCUT2D eigenvalue weighted by Gasteiger charge is -2.00. The van der Waals surface area contributed by atoms with E-state index in [2.05, 4.69) is 15.9 Å². The third kappa shape index (κ3) is 2.08. The van der Waals surface area contributed by atoms with Gasteiger partial charge in [-0.25, -0.2) is 0 Å². The van der Waals surface area contributed by atoms with Crippen LogP contribution in [0.2, 0.25) is 0 Å². The molecule has 12 heavy (non-hydrogen) atoms. The fourth-order valence-electron chi connectivity index (χ4n) is 0.826. The van der Waals surface area contributed by atoms with Crippen LogP contribution in [0.15, 0.2) is 22.7 Å². The van der Waals surface area contributed by atoms with Crippen LogP contribution in [0.5, 0.6) is 0 Å². The fraction of sp³-hybridized carbons (Fsp3) is 0. The summed E-state index contributed by atoms with van der Waals surface area (Å²) in [4.78, 5) is 0. The van der Waals surface area contributed by atoms with Gasteiger partial charge in [0.05, 0.1) is 11.6 Å².